The molecule has 5 nitrogen and oxygen atoms in total. The van der Waals surface area contributed by atoms with Crippen molar-refractivity contribution in [3.05, 3.63) is 29.8 Å². The number of sulfonamides is 1. The molecule has 3 unspecified atom stereocenters. The van der Waals surface area contributed by atoms with Crippen molar-refractivity contribution < 1.29 is 31.5 Å². The zero-order chi connectivity index (χ0) is 17.7. The summed E-state index contributed by atoms with van der Waals surface area (Å²) in [5.74, 6) is -1.73. The second kappa shape index (κ2) is 5.73. The third-order valence-electron chi connectivity index (χ3n) is 4.69. The molecule has 2 aliphatic rings. The van der Waals surface area contributed by atoms with Gasteiger partial charge in [-0.05, 0) is 37.0 Å². The second-order valence-electron chi connectivity index (χ2n) is 6.25. The molecule has 0 aromatic heterocycles. The fourth-order valence-corrected chi connectivity index (χ4v) is 5.63. The quantitative estimate of drug-likeness (QED) is 0.892. The molecule has 0 radical (unpaired) electrons. The van der Waals surface area contributed by atoms with Crippen LogP contribution in [0, 0.1) is 5.92 Å². The van der Waals surface area contributed by atoms with Crippen molar-refractivity contribution in [2.75, 3.05) is 0 Å². The number of carboxylic acid groups (broad SMARTS) is 1. The van der Waals surface area contributed by atoms with Gasteiger partial charge >= 0.3 is 12.1 Å². The Kier molecular flexibility index (Phi) is 4.11. The van der Waals surface area contributed by atoms with Crippen LogP contribution in [0.4, 0.5) is 13.2 Å². The first-order chi connectivity index (χ1) is 11.1. The molecule has 0 amide bonds. The van der Waals surface area contributed by atoms with Crippen molar-refractivity contribution in [1.29, 1.82) is 0 Å². The minimum Gasteiger partial charge on any atom is -0.481 e. The number of rotatable bonds is 4. The van der Waals surface area contributed by atoms with E-state index in [2.05, 4.69) is 0 Å². The average molecular weight is 363 g/mol. The van der Waals surface area contributed by atoms with Crippen LogP contribution < -0.4 is 0 Å². The van der Waals surface area contributed by atoms with Gasteiger partial charge in [0.15, 0.2) is 0 Å². The normalized spacial score (nSPS) is 27.5. The van der Waals surface area contributed by atoms with Gasteiger partial charge in [-0.25, -0.2) is 8.42 Å². The summed E-state index contributed by atoms with van der Waals surface area (Å²) in [6.45, 7) is 0. The second-order valence-corrected chi connectivity index (χ2v) is 8.09. The van der Waals surface area contributed by atoms with Crippen LogP contribution in [0.25, 0.3) is 0 Å². The smallest absolute Gasteiger partial charge is 0.393 e. The highest BCUT2D eigenvalue weighted by atomic mass is 32.2. The van der Waals surface area contributed by atoms with E-state index in [4.69, 9.17) is 0 Å². The first kappa shape index (κ1) is 17.2. The molecule has 132 valence electrons. The number of hydrogen-bond donors (Lipinski definition) is 1. The number of aliphatic carboxylic acids is 1. The topological polar surface area (TPSA) is 74.7 Å². The summed E-state index contributed by atoms with van der Waals surface area (Å²) in [5.41, 5.74) is -0.0192. The van der Waals surface area contributed by atoms with Gasteiger partial charge in [0.2, 0.25) is 10.0 Å². The highest BCUT2D eigenvalue weighted by Gasteiger charge is 2.54. The number of halogens is 3. The van der Waals surface area contributed by atoms with Gasteiger partial charge in [-0.3, -0.25) is 4.79 Å². The largest absolute Gasteiger partial charge is 0.481 e. The molecule has 0 spiro atoms. The summed E-state index contributed by atoms with van der Waals surface area (Å²) < 4.78 is 63.9. The molecule has 2 aliphatic heterocycles. The fraction of sp³-hybridized carbons (Fsp3) is 0.533. The minimum absolute atomic E-state index is 0.0192. The molecule has 2 fully saturated rings. The molecule has 1 aromatic carbocycles. The molecule has 9 heteroatoms. The molecule has 1 aromatic rings. The summed E-state index contributed by atoms with van der Waals surface area (Å²) in [5, 5.41) is 9.21. The number of hydrogen-bond acceptors (Lipinski definition) is 3. The Balaban J connectivity index is 1.85. The maximum atomic E-state index is 12.8. The molecule has 3 rings (SSSR count). The Morgan fingerprint density at radius 3 is 2.33 bits per heavy atom. The van der Waals surface area contributed by atoms with Gasteiger partial charge in [0.25, 0.3) is 0 Å². The lowest BCUT2D eigenvalue weighted by Gasteiger charge is -2.22. The Morgan fingerprint density at radius 1 is 1.21 bits per heavy atom. The Labute approximate surface area is 137 Å². The number of carboxylic acids is 1. The fourth-order valence-electron chi connectivity index (χ4n) is 3.71. The predicted molar refractivity (Wildman–Crippen MR) is 77.8 cm³/mol. The number of nitrogens with zero attached hydrogens (tertiary/aromatic N) is 1. The van der Waals surface area contributed by atoms with E-state index in [0.717, 1.165) is 24.3 Å². The number of fused-ring (bicyclic) bond motifs is 2. The highest BCUT2D eigenvalue weighted by Crippen LogP contribution is 2.45. The third-order valence-corrected chi connectivity index (χ3v) is 6.69. The van der Waals surface area contributed by atoms with E-state index in [0.29, 0.717) is 12.8 Å². The summed E-state index contributed by atoms with van der Waals surface area (Å²) in [7, 11) is -3.91. The van der Waals surface area contributed by atoms with Crippen LogP contribution in [0.15, 0.2) is 29.2 Å². The molecule has 2 saturated heterocycles. The van der Waals surface area contributed by atoms with Gasteiger partial charge in [0.05, 0.1) is 17.2 Å². The van der Waals surface area contributed by atoms with Crippen LogP contribution in [0.2, 0.25) is 0 Å². The maximum absolute atomic E-state index is 12.8. The van der Waals surface area contributed by atoms with Crippen molar-refractivity contribution in [2.45, 2.75) is 48.8 Å². The van der Waals surface area contributed by atoms with Crippen molar-refractivity contribution in [2.24, 2.45) is 5.92 Å². The average Bonchev–Trinajstić information content (AvgIpc) is 3.04. The van der Waals surface area contributed by atoms with Crippen LogP contribution in [-0.2, 0) is 21.2 Å². The van der Waals surface area contributed by atoms with E-state index in [1.807, 2.05) is 0 Å². The van der Waals surface area contributed by atoms with Crippen molar-refractivity contribution >= 4 is 16.0 Å². The predicted octanol–water partition coefficient (Wildman–Crippen LogP) is 2.42. The molecule has 0 saturated carbocycles. The zero-order valence-electron chi connectivity index (χ0n) is 12.5. The molecular weight excluding hydrogens is 347 g/mol. The van der Waals surface area contributed by atoms with Gasteiger partial charge in [-0.15, -0.1) is 0 Å². The Morgan fingerprint density at radius 2 is 1.83 bits per heavy atom. The van der Waals surface area contributed by atoms with Gasteiger partial charge in [0, 0.05) is 12.1 Å². The van der Waals surface area contributed by atoms with Crippen LogP contribution in [0.3, 0.4) is 0 Å². The lowest BCUT2D eigenvalue weighted by molar-refractivity contribution is -0.142. The molecular formula is C15H16F3NO4S. The monoisotopic (exact) mass is 363 g/mol. The summed E-state index contributed by atoms with van der Waals surface area (Å²) in [4.78, 5) is 11.1. The van der Waals surface area contributed by atoms with E-state index in [1.165, 1.54) is 4.31 Å². The van der Waals surface area contributed by atoms with Gasteiger partial charge in [-0.1, -0.05) is 12.1 Å². The number of alkyl halides is 3. The maximum Gasteiger partial charge on any atom is 0.393 e. The molecule has 24 heavy (non-hydrogen) atoms. The first-order valence-electron chi connectivity index (χ1n) is 7.51. The minimum atomic E-state index is -4.36. The van der Waals surface area contributed by atoms with Crippen molar-refractivity contribution in [3.8, 4) is 0 Å². The summed E-state index contributed by atoms with van der Waals surface area (Å²) in [6, 6.07) is 3.68. The van der Waals surface area contributed by atoms with E-state index < -0.39 is 40.5 Å². The van der Waals surface area contributed by atoms with E-state index in [9.17, 15) is 31.5 Å². The van der Waals surface area contributed by atoms with Crippen molar-refractivity contribution in [3.63, 3.8) is 0 Å². The van der Waals surface area contributed by atoms with E-state index in [1.54, 1.807) is 0 Å². The SMILES string of the molecule is O=C(O)C1CC2CCC1N2S(=O)(=O)c1ccc(CC(F)(F)F)cc1. The molecule has 3 atom stereocenters. The lowest BCUT2D eigenvalue weighted by atomic mass is 9.89. The Bertz CT molecular complexity index is 745. The summed E-state index contributed by atoms with van der Waals surface area (Å²) >= 11 is 0. The van der Waals surface area contributed by atoms with Crippen LogP contribution >= 0.6 is 0 Å². The van der Waals surface area contributed by atoms with Crippen molar-refractivity contribution in [1.82, 2.24) is 4.31 Å². The highest BCUT2D eigenvalue weighted by molar-refractivity contribution is 7.89. The lowest BCUT2D eigenvalue weighted by Crippen LogP contribution is -2.37. The molecule has 0 aliphatic carbocycles. The van der Waals surface area contributed by atoms with Gasteiger partial charge in [-0.2, -0.15) is 17.5 Å². The number of carbonyl (C=O) groups is 1. The Hall–Kier alpha value is -1.61. The molecule has 2 heterocycles. The molecule has 1 N–H and O–H groups in total. The van der Waals surface area contributed by atoms with Gasteiger partial charge < -0.3 is 5.11 Å². The van der Waals surface area contributed by atoms with Crippen LogP contribution in [0.1, 0.15) is 24.8 Å². The van der Waals surface area contributed by atoms with E-state index >= 15 is 0 Å². The van der Waals surface area contributed by atoms with Crippen LogP contribution in [-0.4, -0.2) is 42.1 Å². The van der Waals surface area contributed by atoms with E-state index in [-0.39, 0.29) is 22.9 Å². The standard InChI is InChI=1S/C15H16F3NO4S/c16-15(17,18)8-9-1-4-11(5-2-9)24(22,23)19-10-3-6-13(19)12(7-10)14(20)21/h1-2,4-5,10,12-13H,3,6-8H2,(H,20,21). The summed E-state index contributed by atoms with van der Waals surface area (Å²) in [6.07, 6.45) is -4.09. The van der Waals surface area contributed by atoms with Crippen LogP contribution in [0.5, 0.6) is 0 Å². The van der Waals surface area contributed by atoms with Gasteiger partial charge in [0.1, 0.15) is 0 Å². The first-order valence-corrected chi connectivity index (χ1v) is 8.95. The zero-order valence-corrected chi connectivity index (χ0v) is 13.3. The number of benzene rings is 1. The third kappa shape index (κ3) is 3.02. The molecule has 2 bridgehead atoms.